The van der Waals surface area contributed by atoms with Crippen LogP contribution in [-0.4, -0.2) is 41.5 Å². The highest BCUT2D eigenvalue weighted by atomic mass is 16.6. The van der Waals surface area contributed by atoms with Gasteiger partial charge in [-0.2, -0.15) is 0 Å². The molecule has 152 valence electrons. The molecule has 28 heavy (non-hydrogen) atoms. The van der Waals surface area contributed by atoms with Crippen LogP contribution in [0.4, 0.5) is 0 Å². The standard InChI is InChI=1S/C21H26O7/c1-11(2)19(24)27-17-10-21(6,28-14(5)22)8-7-15(23)12(3)9-16-18(17)13(4)20(25)26-16/h7-9,11,16-18H,4,10H2,1-3,5-6H3/b8-7+,12-9-/t16-,17+,18-,21-/m0/s1. The molecule has 7 heteroatoms. The average Bonchev–Trinajstić information content (AvgIpc) is 2.84. The topological polar surface area (TPSA) is 96.0 Å². The molecule has 0 aromatic heterocycles. The Hall–Kier alpha value is -2.70. The van der Waals surface area contributed by atoms with Gasteiger partial charge in [0.2, 0.25) is 0 Å². The van der Waals surface area contributed by atoms with E-state index in [0.29, 0.717) is 5.57 Å². The van der Waals surface area contributed by atoms with Crippen LogP contribution in [0.5, 0.6) is 0 Å². The van der Waals surface area contributed by atoms with Crippen LogP contribution in [0.2, 0.25) is 0 Å². The Bertz CT molecular complexity index is 774. The van der Waals surface area contributed by atoms with Gasteiger partial charge in [-0.15, -0.1) is 0 Å². The summed E-state index contributed by atoms with van der Waals surface area (Å²) in [5.41, 5.74) is -0.718. The summed E-state index contributed by atoms with van der Waals surface area (Å²) in [5, 5.41) is 0. The van der Waals surface area contributed by atoms with Crippen molar-refractivity contribution in [2.75, 3.05) is 0 Å². The van der Waals surface area contributed by atoms with Crippen molar-refractivity contribution >= 4 is 23.7 Å². The molecule has 1 heterocycles. The van der Waals surface area contributed by atoms with E-state index >= 15 is 0 Å². The lowest BCUT2D eigenvalue weighted by Crippen LogP contribution is -2.42. The molecule has 0 amide bonds. The molecule has 2 rings (SSSR count). The van der Waals surface area contributed by atoms with Gasteiger partial charge in [0.15, 0.2) is 5.78 Å². The van der Waals surface area contributed by atoms with Gasteiger partial charge in [-0.1, -0.05) is 20.4 Å². The van der Waals surface area contributed by atoms with Gasteiger partial charge in [-0.25, -0.2) is 4.79 Å². The van der Waals surface area contributed by atoms with Crippen molar-refractivity contribution in [3.63, 3.8) is 0 Å². The highest BCUT2D eigenvalue weighted by Crippen LogP contribution is 2.38. The monoisotopic (exact) mass is 390 g/mol. The van der Waals surface area contributed by atoms with Crippen LogP contribution in [-0.2, 0) is 33.4 Å². The zero-order valence-corrected chi connectivity index (χ0v) is 16.8. The van der Waals surface area contributed by atoms with E-state index in [-0.39, 0.29) is 17.8 Å². The largest absolute Gasteiger partial charge is 0.461 e. The normalized spacial score (nSPS) is 33.4. The number of esters is 3. The molecule has 0 radical (unpaired) electrons. The number of hydrogen-bond donors (Lipinski definition) is 0. The quantitative estimate of drug-likeness (QED) is 0.415. The maximum atomic E-state index is 12.4. The fraction of sp³-hybridized carbons (Fsp3) is 0.524. The Morgan fingerprint density at radius 2 is 1.96 bits per heavy atom. The van der Waals surface area contributed by atoms with E-state index in [9.17, 15) is 19.2 Å². The molecule has 1 aliphatic heterocycles. The molecule has 0 saturated carbocycles. The van der Waals surface area contributed by atoms with Crippen LogP contribution in [0.25, 0.3) is 0 Å². The predicted octanol–water partition coefficient (Wildman–Crippen LogP) is 2.45. The Morgan fingerprint density at radius 1 is 1.32 bits per heavy atom. The second-order valence-electron chi connectivity index (χ2n) is 7.71. The van der Waals surface area contributed by atoms with E-state index in [1.165, 1.54) is 25.2 Å². The third-order valence-electron chi connectivity index (χ3n) is 4.77. The summed E-state index contributed by atoms with van der Waals surface area (Å²) in [4.78, 5) is 48.5. The van der Waals surface area contributed by atoms with Crippen LogP contribution >= 0.6 is 0 Å². The molecule has 4 atom stereocenters. The summed E-state index contributed by atoms with van der Waals surface area (Å²) >= 11 is 0. The summed E-state index contributed by atoms with van der Waals surface area (Å²) < 4.78 is 16.5. The molecule has 0 aromatic rings. The second kappa shape index (κ2) is 8.12. The number of ether oxygens (including phenoxy) is 3. The number of hydrogen-bond acceptors (Lipinski definition) is 7. The zero-order chi connectivity index (χ0) is 21.2. The Morgan fingerprint density at radius 3 is 2.54 bits per heavy atom. The van der Waals surface area contributed by atoms with Crippen molar-refractivity contribution < 1.29 is 33.4 Å². The van der Waals surface area contributed by atoms with Crippen molar-refractivity contribution in [2.24, 2.45) is 11.8 Å². The molecule has 1 fully saturated rings. The minimum absolute atomic E-state index is 0.0402. The van der Waals surface area contributed by atoms with E-state index in [2.05, 4.69) is 6.58 Å². The number of rotatable bonds is 3. The highest BCUT2D eigenvalue weighted by Gasteiger charge is 2.47. The van der Waals surface area contributed by atoms with Gasteiger partial charge >= 0.3 is 17.9 Å². The lowest BCUT2D eigenvalue weighted by molar-refractivity contribution is -0.163. The molecule has 1 saturated heterocycles. The minimum atomic E-state index is -1.22. The van der Waals surface area contributed by atoms with Crippen molar-refractivity contribution in [1.29, 1.82) is 0 Å². The molecular weight excluding hydrogens is 364 g/mol. The minimum Gasteiger partial charge on any atom is -0.461 e. The van der Waals surface area contributed by atoms with Gasteiger partial charge in [-0.3, -0.25) is 14.4 Å². The lowest BCUT2D eigenvalue weighted by Gasteiger charge is -2.34. The highest BCUT2D eigenvalue weighted by molar-refractivity contribution is 6.03. The maximum Gasteiger partial charge on any atom is 0.334 e. The molecule has 7 nitrogen and oxygen atoms in total. The van der Waals surface area contributed by atoms with Crippen molar-refractivity contribution in [2.45, 2.75) is 58.8 Å². The summed E-state index contributed by atoms with van der Waals surface area (Å²) in [6.07, 6.45) is 2.72. The SMILES string of the molecule is C=C1C(=O)O[C@H]2/C=C(/C)C(=O)/C=C/[C@](C)(OC(C)=O)C[C@@H](OC(=O)C(C)C)[C@@H]12. The van der Waals surface area contributed by atoms with Gasteiger partial charge in [0, 0.05) is 18.9 Å². The molecule has 0 bridgehead atoms. The lowest BCUT2D eigenvalue weighted by atomic mass is 9.82. The van der Waals surface area contributed by atoms with Crippen molar-refractivity contribution in [3.8, 4) is 0 Å². The first-order valence-corrected chi connectivity index (χ1v) is 9.15. The smallest absolute Gasteiger partial charge is 0.334 e. The van der Waals surface area contributed by atoms with Crippen molar-refractivity contribution in [1.82, 2.24) is 0 Å². The number of fused-ring (bicyclic) bond motifs is 1. The van der Waals surface area contributed by atoms with Gasteiger partial charge in [0.05, 0.1) is 11.8 Å². The third kappa shape index (κ3) is 4.77. The third-order valence-corrected chi connectivity index (χ3v) is 4.77. The zero-order valence-electron chi connectivity index (χ0n) is 16.8. The Labute approximate surface area is 164 Å². The van der Waals surface area contributed by atoms with Crippen LogP contribution in [0.3, 0.4) is 0 Å². The second-order valence-corrected chi connectivity index (χ2v) is 7.71. The van der Waals surface area contributed by atoms with Gasteiger partial charge in [0.1, 0.15) is 17.8 Å². The molecule has 0 spiro atoms. The van der Waals surface area contributed by atoms with E-state index < -0.39 is 47.6 Å². The number of ketones is 1. The van der Waals surface area contributed by atoms with Crippen LogP contribution < -0.4 is 0 Å². The van der Waals surface area contributed by atoms with E-state index in [1.807, 2.05) is 0 Å². The summed E-state index contributed by atoms with van der Waals surface area (Å²) in [7, 11) is 0. The average molecular weight is 390 g/mol. The molecule has 1 aliphatic carbocycles. The van der Waals surface area contributed by atoms with E-state index in [4.69, 9.17) is 14.2 Å². The fourth-order valence-corrected chi connectivity index (χ4v) is 3.29. The number of carbonyl (C=O) groups is 4. The van der Waals surface area contributed by atoms with Gasteiger partial charge < -0.3 is 14.2 Å². The first kappa shape index (κ1) is 21.6. The fourth-order valence-electron chi connectivity index (χ4n) is 3.29. The summed E-state index contributed by atoms with van der Waals surface area (Å²) in [5.74, 6) is -3.01. The predicted molar refractivity (Wildman–Crippen MR) is 99.9 cm³/mol. The molecule has 2 aliphatic rings. The molecular formula is C21H26O7. The number of carbonyl (C=O) groups excluding carboxylic acids is 4. The molecule has 0 aromatic carbocycles. The summed E-state index contributed by atoms with van der Waals surface area (Å²) in [6, 6.07) is 0. The van der Waals surface area contributed by atoms with Crippen LogP contribution in [0.15, 0.2) is 36.0 Å². The van der Waals surface area contributed by atoms with Gasteiger partial charge in [-0.05, 0) is 37.6 Å². The Kier molecular flexibility index (Phi) is 6.27. The first-order valence-electron chi connectivity index (χ1n) is 9.15. The first-order chi connectivity index (χ1) is 12.9. The molecule has 0 N–H and O–H groups in total. The Balaban J connectivity index is 2.56. The number of allylic oxidation sites excluding steroid dienone is 2. The molecule has 0 unspecified atom stereocenters. The van der Waals surface area contributed by atoms with E-state index in [0.717, 1.165) is 0 Å². The van der Waals surface area contributed by atoms with Crippen LogP contribution in [0.1, 0.15) is 41.0 Å². The van der Waals surface area contributed by atoms with Crippen molar-refractivity contribution in [3.05, 3.63) is 36.0 Å². The maximum absolute atomic E-state index is 12.4. The van der Waals surface area contributed by atoms with E-state index in [1.54, 1.807) is 27.7 Å². The summed E-state index contributed by atoms with van der Waals surface area (Å²) in [6.45, 7) is 11.6. The van der Waals surface area contributed by atoms with Gasteiger partial charge in [0.25, 0.3) is 0 Å². The van der Waals surface area contributed by atoms with Crippen LogP contribution in [0, 0.1) is 11.8 Å².